The molecule has 6 heteroatoms. The summed E-state index contributed by atoms with van der Waals surface area (Å²) in [5, 5.41) is 11.7. The van der Waals surface area contributed by atoms with E-state index in [1.807, 2.05) is 13.0 Å². The summed E-state index contributed by atoms with van der Waals surface area (Å²) in [6.45, 7) is 2.23. The third kappa shape index (κ3) is 4.84. The van der Waals surface area contributed by atoms with Gasteiger partial charge in [-0.15, -0.1) is 0 Å². The summed E-state index contributed by atoms with van der Waals surface area (Å²) in [4.78, 5) is 0. The zero-order valence-electron chi connectivity index (χ0n) is 10.5. The summed E-state index contributed by atoms with van der Waals surface area (Å²) in [6, 6.07) is 8.67. The monoisotopic (exact) mass is 267 g/mol. The van der Waals surface area contributed by atoms with Crippen LogP contribution >= 0.6 is 0 Å². The van der Waals surface area contributed by atoms with Crippen molar-refractivity contribution >= 4 is 10.0 Å². The Morgan fingerprint density at radius 1 is 1.44 bits per heavy atom. The Kier molecular flexibility index (Phi) is 5.28. The Morgan fingerprint density at radius 2 is 2.17 bits per heavy atom. The topological polar surface area (TPSA) is 82.0 Å². The molecule has 1 rings (SSSR count). The molecule has 2 N–H and O–H groups in total. The number of sulfonamides is 1. The van der Waals surface area contributed by atoms with Crippen molar-refractivity contribution in [1.29, 1.82) is 5.26 Å². The molecule has 1 aromatic carbocycles. The molecule has 1 aromatic rings. The van der Waals surface area contributed by atoms with E-state index in [2.05, 4.69) is 10.0 Å². The van der Waals surface area contributed by atoms with Crippen molar-refractivity contribution in [1.82, 2.24) is 10.0 Å². The lowest BCUT2D eigenvalue weighted by Crippen LogP contribution is -2.37. The van der Waals surface area contributed by atoms with Crippen molar-refractivity contribution in [3.05, 3.63) is 35.4 Å². The van der Waals surface area contributed by atoms with Gasteiger partial charge in [-0.1, -0.05) is 12.1 Å². The van der Waals surface area contributed by atoms with E-state index in [9.17, 15) is 8.42 Å². The largest absolute Gasteiger partial charge is 0.316 e. The molecule has 0 aliphatic heterocycles. The first kappa shape index (κ1) is 14.6. The van der Waals surface area contributed by atoms with E-state index < -0.39 is 10.0 Å². The molecule has 0 amide bonds. The van der Waals surface area contributed by atoms with Crippen LogP contribution in [-0.2, 0) is 15.8 Å². The highest BCUT2D eigenvalue weighted by atomic mass is 32.2. The summed E-state index contributed by atoms with van der Waals surface area (Å²) < 4.78 is 26.1. The molecule has 0 spiro atoms. The molecule has 5 nitrogen and oxygen atoms in total. The average molecular weight is 267 g/mol. The van der Waals surface area contributed by atoms with Gasteiger partial charge in [0.15, 0.2) is 0 Å². The summed E-state index contributed by atoms with van der Waals surface area (Å²) in [7, 11) is -1.59. The third-order valence-electron chi connectivity index (χ3n) is 2.52. The molecule has 0 saturated heterocycles. The number of likely N-dealkylation sites (N-methyl/N-ethyl adjacent to an activating group) is 1. The maximum absolute atomic E-state index is 11.8. The second-order valence-corrected chi connectivity index (χ2v) is 5.92. The zero-order chi connectivity index (χ0) is 13.6. The van der Waals surface area contributed by atoms with Crippen LogP contribution in [0.15, 0.2) is 24.3 Å². The lowest BCUT2D eigenvalue weighted by atomic mass is 10.2. The van der Waals surface area contributed by atoms with Gasteiger partial charge in [0.05, 0.1) is 17.4 Å². The first-order valence-electron chi connectivity index (χ1n) is 5.60. The van der Waals surface area contributed by atoms with E-state index in [4.69, 9.17) is 5.26 Å². The van der Waals surface area contributed by atoms with Gasteiger partial charge in [-0.25, -0.2) is 13.1 Å². The summed E-state index contributed by atoms with van der Waals surface area (Å²) >= 11 is 0. The van der Waals surface area contributed by atoms with Gasteiger partial charge in [0, 0.05) is 12.6 Å². The van der Waals surface area contributed by atoms with Gasteiger partial charge < -0.3 is 5.32 Å². The fourth-order valence-corrected chi connectivity index (χ4v) is 2.58. The number of rotatable bonds is 6. The van der Waals surface area contributed by atoms with E-state index >= 15 is 0 Å². The van der Waals surface area contributed by atoms with E-state index in [0.29, 0.717) is 17.7 Å². The van der Waals surface area contributed by atoms with Gasteiger partial charge in [0.25, 0.3) is 0 Å². The highest BCUT2D eigenvalue weighted by Gasteiger charge is 2.12. The molecular weight excluding hydrogens is 250 g/mol. The Bertz CT molecular complexity index is 534. The van der Waals surface area contributed by atoms with E-state index in [-0.39, 0.29) is 11.8 Å². The van der Waals surface area contributed by atoms with Crippen LogP contribution in [0.3, 0.4) is 0 Å². The molecule has 0 aliphatic rings. The average Bonchev–Trinajstić information content (AvgIpc) is 2.35. The smallest absolute Gasteiger partial charge is 0.215 e. The van der Waals surface area contributed by atoms with Crippen LogP contribution in [-0.4, -0.2) is 28.1 Å². The Labute approximate surface area is 108 Å². The second-order valence-electron chi connectivity index (χ2n) is 4.11. The number of benzene rings is 1. The number of nitrogens with one attached hydrogen (secondary N) is 2. The summed E-state index contributed by atoms with van der Waals surface area (Å²) in [6.07, 6.45) is 0. The maximum atomic E-state index is 11.8. The minimum atomic E-state index is -3.36. The molecule has 98 valence electrons. The quantitative estimate of drug-likeness (QED) is 0.790. The van der Waals surface area contributed by atoms with Gasteiger partial charge in [-0.2, -0.15) is 5.26 Å². The number of nitriles is 1. The number of nitrogens with zero attached hydrogens (tertiary/aromatic N) is 1. The van der Waals surface area contributed by atoms with Gasteiger partial charge >= 0.3 is 0 Å². The molecule has 0 aromatic heterocycles. The third-order valence-corrected chi connectivity index (χ3v) is 3.83. The van der Waals surface area contributed by atoms with Crippen LogP contribution in [0.2, 0.25) is 0 Å². The fraction of sp³-hybridized carbons (Fsp3) is 0.417. The van der Waals surface area contributed by atoms with Crippen LogP contribution in [0, 0.1) is 11.3 Å². The lowest BCUT2D eigenvalue weighted by molar-refractivity contribution is 0.553. The van der Waals surface area contributed by atoms with E-state index in [1.165, 1.54) is 0 Å². The van der Waals surface area contributed by atoms with Gasteiger partial charge in [0.1, 0.15) is 0 Å². The van der Waals surface area contributed by atoms with Crippen molar-refractivity contribution in [3.63, 3.8) is 0 Å². The lowest BCUT2D eigenvalue weighted by Gasteiger charge is -2.12. The van der Waals surface area contributed by atoms with Crippen molar-refractivity contribution in [2.45, 2.75) is 18.7 Å². The van der Waals surface area contributed by atoms with Crippen molar-refractivity contribution in [2.75, 3.05) is 13.6 Å². The SMILES string of the molecule is CNC(C)CNS(=O)(=O)Cc1cccc(C#N)c1. The van der Waals surface area contributed by atoms with E-state index in [1.54, 1.807) is 31.3 Å². The molecule has 1 atom stereocenters. The number of hydrogen-bond acceptors (Lipinski definition) is 4. The molecule has 1 unspecified atom stereocenters. The first-order valence-corrected chi connectivity index (χ1v) is 7.25. The molecule has 0 bridgehead atoms. The molecule has 0 aliphatic carbocycles. The second kappa shape index (κ2) is 6.50. The van der Waals surface area contributed by atoms with Crippen molar-refractivity contribution in [3.8, 4) is 6.07 Å². The summed E-state index contributed by atoms with van der Waals surface area (Å²) in [5.74, 6) is -0.112. The van der Waals surface area contributed by atoms with Crippen LogP contribution in [0.5, 0.6) is 0 Å². The van der Waals surface area contributed by atoms with E-state index in [0.717, 1.165) is 0 Å². The van der Waals surface area contributed by atoms with Gasteiger partial charge in [-0.3, -0.25) is 0 Å². The van der Waals surface area contributed by atoms with Gasteiger partial charge in [-0.05, 0) is 31.7 Å². The zero-order valence-corrected chi connectivity index (χ0v) is 11.3. The van der Waals surface area contributed by atoms with Crippen LogP contribution in [0.4, 0.5) is 0 Å². The van der Waals surface area contributed by atoms with Crippen LogP contribution in [0.25, 0.3) is 0 Å². The maximum Gasteiger partial charge on any atom is 0.215 e. The van der Waals surface area contributed by atoms with Crippen LogP contribution < -0.4 is 10.0 Å². The first-order chi connectivity index (χ1) is 8.46. The molecular formula is C12H17N3O2S. The van der Waals surface area contributed by atoms with Crippen molar-refractivity contribution in [2.24, 2.45) is 0 Å². The highest BCUT2D eigenvalue weighted by Crippen LogP contribution is 2.07. The molecule has 18 heavy (non-hydrogen) atoms. The minimum absolute atomic E-state index is 0.0743. The predicted molar refractivity (Wildman–Crippen MR) is 70.3 cm³/mol. The Balaban J connectivity index is 2.68. The molecule has 0 saturated carbocycles. The van der Waals surface area contributed by atoms with Crippen LogP contribution in [0.1, 0.15) is 18.1 Å². The predicted octanol–water partition coefficient (Wildman–Crippen LogP) is 0.586. The highest BCUT2D eigenvalue weighted by molar-refractivity contribution is 7.88. The molecule has 0 radical (unpaired) electrons. The Morgan fingerprint density at radius 3 is 2.78 bits per heavy atom. The normalized spacial score (nSPS) is 12.9. The fourth-order valence-electron chi connectivity index (χ4n) is 1.36. The molecule has 0 heterocycles. The van der Waals surface area contributed by atoms with Crippen molar-refractivity contribution < 1.29 is 8.42 Å². The number of hydrogen-bond donors (Lipinski definition) is 2. The van der Waals surface area contributed by atoms with Gasteiger partial charge in [0.2, 0.25) is 10.0 Å². The molecule has 0 fully saturated rings. The standard InChI is InChI=1S/C12H17N3O2S/c1-10(14-2)8-15-18(16,17)9-12-5-3-4-11(6-12)7-13/h3-6,10,14-15H,8-9H2,1-2H3. The Hall–Kier alpha value is -1.42. The summed E-state index contributed by atoms with van der Waals surface area (Å²) in [5.41, 5.74) is 1.07. The minimum Gasteiger partial charge on any atom is -0.316 e.